The van der Waals surface area contributed by atoms with Crippen LogP contribution < -0.4 is 5.32 Å². The minimum absolute atomic E-state index is 0.190. The van der Waals surface area contributed by atoms with E-state index in [9.17, 15) is 9.18 Å². The molecule has 6 heteroatoms. The molecule has 3 rings (SSSR count). The maximum Gasteiger partial charge on any atom is 0.408 e. The van der Waals surface area contributed by atoms with E-state index < -0.39 is 11.7 Å². The number of halogens is 1. The largest absolute Gasteiger partial charge is 0.444 e. The van der Waals surface area contributed by atoms with Crippen LogP contribution in [0.2, 0.25) is 0 Å². The number of alkyl carbamates (subject to hydrolysis) is 1. The molecule has 0 fully saturated rings. The summed E-state index contributed by atoms with van der Waals surface area (Å²) in [6.45, 7) is 5.59. The van der Waals surface area contributed by atoms with E-state index in [0.29, 0.717) is 11.5 Å². The predicted octanol–water partition coefficient (Wildman–Crippen LogP) is 5.17. The molecule has 0 bridgehead atoms. The highest BCUT2D eigenvalue weighted by atomic mass is 19.1. The van der Waals surface area contributed by atoms with Gasteiger partial charge >= 0.3 is 6.09 Å². The third kappa shape index (κ3) is 5.17. The number of rotatable bonds is 4. The van der Waals surface area contributed by atoms with Crippen molar-refractivity contribution in [1.82, 2.24) is 10.5 Å². The smallest absolute Gasteiger partial charge is 0.408 e. The number of aromatic nitrogens is 1. The molecule has 0 radical (unpaired) electrons. The van der Waals surface area contributed by atoms with E-state index in [2.05, 4.69) is 10.5 Å². The summed E-state index contributed by atoms with van der Waals surface area (Å²) in [5, 5.41) is 6.67. The van der Waals surface area contributed by atoms with Crippen molar-refractivity contribution < 1.29 is 18.4 Å². The molecule has 0 atom stereocenters. The van der Waals surface area contributed by atoms with Gasteiger partial charge < -0.3 is 14.6 Å². The highest BCUT2D eigenvalue weighted by Crippen LogP contribution is 2.25. The number of hydrogen-bond acceptors (Lipinski definition) is 4. The van der Waals surface area contributed by atoms with E-state index in [1.54, 1.807) is 39.0 Å². The quantitative estimate of drug-likeness (QED) is 0.690. The lowest BCUT2D eigenvalue weighted by Crippen LogP contribution is -2.32. The normalized spacial score (nSPS) is 11.3. The molecular formula is C21H21FN2O3. The molecule has 0 saturated carbocycles. The highest BCUT2D eigenvalue weighted by molar-refractivity contribution is 5.69. The van der Waals surface area contributed by atoms with Gasteiger partial charge in [-0.1, -0.05) is 41.6 Å². The van der Waals surface area contributed by atoms with Crippen molar-refractivity contribution in [3.05, 3.63) is 66.2 Å². The van der Waals surface area contributed by atoms with Crippen LogP contribution in [0.3, 0.4) is 0 Å². The van der Waals surface area contributed by atoms with E-state index >= 15 is 0 Å². The number of hydrogen-bond donors (Lipinski definition) is 1. The molecule has 0 unspecified atom stereocenters. The van der Waals surface area contributed by atoms with Gasteiger partial charge in [0.2, 0.25) is 0 Å². The Morgan fingerprint density at radius 2 is 1.59 bits per heavy atom. The molecule has 1 aromatic heterocycles. The lowest BCUT2D eigenvalue weighted by Gasteiger charge is -2.19. The van der Waals surface area contributed by atoms with Crippen LogP contribution in [0.1, 0.15) is 26.5 Å². The fourth-order valence-electron chi connectivity index (χ4n) is 2.48. The summed E-state index contributed by atoms with van der Waals surface area (Å²) >= 11 is 0. The molecule has 5 nitrogen and oxygen atoms in total. The molecule has 27 heavy (non-hydrogen) atoms. The standard InChI is InChI=1S/C21H21FN2O3/c1-21(2,3)26-20(25)23-13-18-12-19(24-27-18)16-6-4-14(5-7-16)15-8-10-17(22)11-9-15/h4-12H,13H2,1-3H3,(H,23,25). The van der Waals surface area contributed by atoms with Crippen molar-refractivity contribution in [3.63, 3.8) is 0 Å². The molecular weight excluding hydrogens is 347 g/mol. The van der Waals surface area contributed by atoms with Crippen LogP contribution in [0.25, 0.3) is 22.4 Å². The summed E-state index contributed by atoms with van der Waals surface area (Å²) in [5.41, 5.74) is 2.91. The van der Waals surface area contributed by atoms with Crippen molar-refractivity contribution in [2.75, 3.05) is 0 Å². The van der Waals surface area contributed by atoms with E-state index in [1.807, 2.05) is 24.3 Å². The summed E-state index contributed by atoms with van der Waals surface area (Å²) in [5.74, 6) is 0.268. The first-order valence-electron chi connectivity index (χ1n) is 8.59. The summed E-state index contributed by atoms with van der Waals surface area (Å²) in [6.07, 6.45) is -0.510. The van der Waals surface area contributed by atoms with E-state index in [1.165, 1.54) is 12.1 Å². The van der Waals surface area contributed by atoms with Crippen LogP contribution in [0.15, 0.2) is 59.1 Å². The van der Waals surface area contributed by atoms with Crippen molar-refractivity contribution in [2.24, 2.45) is 0 Å². The first kappa shape index (κ1) is 18.6. The molecule has 0 aliphatic carbocycles. The minimum Gasteiger partial charge on any atom is -0.444 e. The van der Waals surface area contributed by atoms with E-state index in [0.717, 1.165) is 16.7 Å². The second-order valence-corrected chi connectivity index (χ2v) is 7.12. The second-order valence-electron chi connectivity index (χ2n) is 7.12. The summed E-state index contributed by atoms with van der Waals surface area (Å²) in [6, 6.07) is 15.8. The van der Waals surface area contributed by atoms with Crippen LogP contribution in [-0.4, -0.2) is 16.9 Å². The third-order valence-corrected chi connectivity index (χ3v) is 3.72. The van der Waals surface area contributed by atoms with Crippen molar-refractivity contribution in [2.45, 2.75) is 32.9 Å². The zero-order chi connectivity index (χ0) is 19.4. The lowest BCUT2D eigenvalue weighted by atomic mass is 10.0. The minimum atomic E-state index is -0.553. The van der Waals surface area contributed by atoms with Crippen molar-refractivity contribution in [3.8, 4) is 22.4 Å². The third-order valence-electron chi connectivity index (χ3n) is 3.72. The number of nitrogens with one attached hydrogen (secondary N) is 1. The van der Waals surface area contributed by atoms with Gasteiger partial charge in [0.25, 0.3) is 0 Å². The monoisotopic (exact) mass is 368 g/mol. The van der Waals surface area contributed by atoms with Gasteiger partial charge in [-0.15, -0.1) is 0 Å². The molecule has 1 heterocycles. The van der Waals surface area contributed by atoms with Crippen molar-refractivity contribution in [1.29, 1.82) is 0 Å². The molecule has 0 spiro atoms. The maximum absolute atomic E-state index is 13.0. The maximum atomic E-state index is 13.0. The van der Waals surface area contributed by atoms with Gasteiger partial charge in [-0.25, -0.2) is 9.18 Å². The Balaban J connectivity index is 1.64. The Kier molecular flexibility index (Phi) is 5.26. The van der Waals surface area contributed by atoms with Crippen LogP contribution in [-0.2, 0) is 11.3 Å². The van der Waals surface area contributed by atoms with Crippen LogP contribution in [0, 0.1) is 5.82 Å². The zero-order valence-electron chi connectivity index (χ0n) is 15.5. The molecule has 2 aromatic carbocycles. The summed E-state index contributed by atoms with van der Waals surface area (Å²) in [4.78, 5) is 11.7. The van der Waals surface area contributed by atoms with E-state index in [-0.39, 0.29) is 12.4 Å². The summed E-state index contributed by atoms with van der Waals surface area (Å²) in [7, 11) is 0. The Morgan fingerprint density at radius 1 is 1.04 bits per heavy atom. The summed E-state index contributed by atoms with van der Waals surface area (Å²) < 4.78 is 23.5. The van der Waals surface area contributed by atoms with Crippen LogP contribution in [0.5, 0.6) is 0 Å². The number of benzene rings is 2. The lowest BCUT2D eigenvalue weighted by molar-refractivity contribution is 0.0519. The van der Waals surface area contributed by atoms with Crippen molar-refractivity contribution >= 4 is 6.09 Å². The average Bonchev–Trinajstić information content (AvgIpc) is 3.08. The Bertz CT molecular complexity index is 910. The molecule has 3 aromatic rings. The van der Waals surface area contributed by atoms with Crippen LogP contribution >= 0.6 is 0 Å². The molecule has 0 aliphatic rings. The number of ether oxygens (including phenoxy) is 1. The predicted molar refractivity (Wildman–Crippen MR) is 100 cm³/mol. The highest BCUT2D eigenvalue weighted by Gasteiger charge is 2.16. The SMILES string of the molecule is CC(C)(C)OC(=O)NCc1cc(-c2ccc(-c3ccc(F)cc3)cc2)no1. The first-order valence-corrected chi connectivity index (χ1v) is 8.59. The fraction of sp³-hybridized carbons (Fsp3) is 0.238. The Labute approximate surface area is 157 Å². The molecule has 0 saturated heterocycles. The topological polar surface area (TPSA) is 64.4 Å². The first-order chi connectivity index (χ1) is 12.8. The van der Waals surface area contributed by atoms with Gasteiger partial charge in [-0.3, -0.25) is 0 Å². The second kappa shape index (κ2) is 7.61. The number of amides is 1. The van der Waals surface area contributed by atoms with Gasteiger partial charge in [0.1, 0.15) is 17.1 Å². The molecule has 140 valence electrons. The number of carbonyl (C=O) groups is 1. The average molecular weight is 368 g/mol. The number of nitrogens with zero attached hydrogens (tertiary/aromatic N) is 1. The fourth-order valence-corrected chi connectivity index (χ4v) is 2.48. The van der Waals surface area contributed by atoms with E-state index in [4.69, 9.17) is 9.26 Å². The Morgan fingerprint density at radius 3 is 2.19 bits per heavy atom. The van der Waals surface area contributed by atoms with Crippen LogP contribution in [0.4, 0.5) is 9.18 Å². The molecule has 1 amide bonds. The zero-order valence-corrected chi connectivity index (χ0v) is 15.5. The van der Waals surface area contributed by atoms with Gasteiger partial charge in [0.05, 0.1) is 6.54 Å². The van der Waals surface area contributed by atoms with Gasteiger partial charge in [0.15, 0.2) is 5.76 Å². The van der Waals surface area contributed by atoms with Gasteiger partial charge in [0, 0.05) is 11.6 Å². The van der Waals surface area contributed by atoms with Gasteiger partial charge in [-0.05, 0) is 44.0 Å². The van der Waals surface area contributed by atoms with Gasteiger partial charge in [-0.2, -0.15) is 0 Å². The Hall–Kier alpha value is -3.15. The number of carbonyl (C=O) groups excluding carboxylic acids is 1. The molecule has 0 aliphatic heterocycles. The molecule has 1 N–H and O–H groups in total.